The Morgan fingerprint density at radius 3 is 2.44 bits per heavy atom. The van der Waals surface area contributed by atoms with Gasteiger partial charge in [0.25, 0.3) is 0 Å². The van der Waals surface area contributed by atoms with E-state index in [1.54, 1.807) is 6.92 Å². The standard InChI is InChI=1S/C11H14F2N2O/c1-7(15-3-2-11(14)16)8-4-9(12)6-10(13)5-8/h4-7,15H,2-3H2,1H3,(H2,14,16). The Morgan fingerprint density at radius 1 is 1.38 bits per heavy atom. The van der Waals surface area contributed by atoms with Gasteiger partial charge in [0.1, 0.15) is 11.6 Å². The zero-order valence-electron chi connectivity index (χ0n) is 8.97. The predicted molar refractivity (Wildman–Crippen MR) is 56.6 cm³/mol. The summed E-state index contributed by atoms with van der Waals surface area (Å²) in [5.74, 6) is -1.64. The second kappa shape index (κ2) is 5.55. The molecule has 88 valence electrons. The Hall–Kier alpha value is -1.49. The number of hydrogen-bond acceptors (Lipinski definition) is 2. The molecule has 1 unspecified atom stereocenters. The fraction of sp³-hybridized carbons (Fsp3) is 0.364. The van der Waals surface area contributed by atoms with Gasteiger partial charge in [-0.2, -0.15) is 0 Å². The molecule has 1 aromatic rings. The lowest BCUT2D eigenvalue weighted by Crippen LogP contribution is -2.24. The minimum atomic E-state index is -0.612. The highest BCUT2D eigenvalue weighted by atomic mass is 19.1. The smallest absolute Gasteiger partial charge is 0.218 e. The minimum absolute atomic E-state index is 0.197. The monoisotopic (exact) mass is 228 g/mol. The lowest BCUT2D eigenvalue weighted by molar-refractivity contribution is -0.117. The fourth-order valence-electron chi connectivity index (χ4n) is 1.35. The molecule has 3 nitrogen and oxygen atoms in total. The molecule has 0 heterocycles. The first-order valence-electron chi connectivity index (χ1n) is 4.96. The van der Waals surface area contributed by atoms with Crippen molar-refractivity contribution in [1.29, 1.82) is 0 Å². The van der Waals surface area contributed by atoms with E-state index < -0.39 is 17.5 Å². The van der Waals surface area contributed by atoms with Crippen molar-refractivity contribution in [2.75, 3.05) is 6.54 Å². The second-order valence-corrected chi connectivity index (χ2v) is 3.59. The topological polar surface area (TPSA) is 55.1 Å². The third-order valence-electron chi connectivity index (χ3n) is 2.21. The van der Waals surface area contributed by atoms with E-state index in [4.69, 9.17) is 5.73 Å². The van der Waals surface area contributed by atoms with Gasteiger partial charge in [0.15, 0.2) is 0 Å². The molecule has 0 aromatic heterocycles. The number of nitrogens with two attached hydrogens (primary N) is 1. The molecule has 0 bridgehead atoms. The number of halogens is 2. The number of rotatable bonds is 5. The third-order valence-corrected chi connectivity index (χ3v) is 2.21. The minimum Gasteiger partial charge on any atom is -0.370 e. The molecule has 1 amide bonds. The lowest BCUT2D eigenvalue weighted by atomic mass is 10.1. The van der Waals surface area contributed by atoms with E-state index in [-0.39, 0.29) is 12.5 Å². The first kappa shape index (κ1) is 12.6. The molecule has 0 fully saturated rings. The summed E-state index contributed by atoms with van der Waals surface area (Å²) >= 11 is 0. The van der Waals surface area contributed by atoms with E-state index in [0.717, 1.165) is 6.07 Å². The van der Waals surface area contributed by atoms with Crippen LogP contribution in [-0.2, 0) is 4.79 Å². The van der Waals surface area contributed by atoms with Crippen LogP contribution in [0.4, 0.5) is 8.78 Å². The molecule has 1 rings (SSSR count). The number of carbonyl (C=O) groups excluding carboxylic acids is 1. The van der Waals surface area contributed by atoms with Gasteiger partial charge in [0, 0.05) is 25.1 Å². The zero-order chi connectivity index (χ0) is 12.1. The van der Waals surface area contributed by atoms with Gasteiger partial charge in [-0.05, 0) is 24.6 Å². The third kappa shape index (κ3) is 3.94. The summed E-state index contributed by atoms with van der Waals surface area (Å²) in [6, 6.07) is 3.10. The summed E-state index contributed by atoms with van der Waals surface area (Å²) < 4.78 is 25.8. The van der Waals surface area contributed by atoms with Crippen LogP contribution in [0.3, 0.4) is 0 Å². The molecule has 0 aliphatic carbocycles. The summed E-state index contributed by atoms with van der Waals surface area (Å²) in [6.07, 6.45) is 0.197. The number of carbonyl (C=O) groups is 1. The first-order valence-corrected chi connectivity index (χ1v) is 4.96. The molecule has 1 aromatic carbocycles. The van der Waals surface area contributed by atoms with E-state index in [9.17, 15) is 13.6 Å². The van der Waals surface area contributed by atoms with Crippen LogP contribution in [0.15, 0.2) is 18.2 Å². The second-order valence-electron chi connectivity index (χ2n) is 3.59. The summed E-state index contributed by atoms with van der Waals surface area (Å²) in [6.45, 7) is 2.14. The maximum absolute atomic E-state index is 12.9. The molecule has 0 radical (unpaired) electrons. The van der Waals surface area contributed by atoms with Gasteiger partial charge in [0.05, 0.1) is 0 Å². The molecular formula is C11H14F2N2O. The molecule has 16 heavy (non-hydrogen) atoms. The Bertz CT molecular complexity index is 362. The highest BCUT2D eigenvalue weighted by Crippen LogP contribution is 2.15. The molecule has 0 spiro atoms. The molecule has 0 aliphatic rings. The van der Waals surface area contributed by atoms with Crippen LogP contribution >= 0.6 is 0 Å². The maximum atomic E-state index is 12.9. The lowest BCUT2D eigenvalue weighted by Gasteiger charge is -2.13. The summed E-state index contributed by atoms with van der Waals surface area (Å²) in [5.41, 5.74) is 5.47. The average Bonchev–Trinajstić information content (AvgIpc) is 2.15. The average molecular weight is 228 g/mol. The SMILES string of the molecule is CC(NCCC(N)=O)c1cc(F)cc(F)c1. The first-order chi connectivity index (χ1) is 7.49. The Kier molecular flexibility index (Phi) is 4.37. The molecular weight excluding hydrogens is 214 g/mol. The Labute approximate surface area is 92.6 Å². The van der Waals surface area contributed by atoms with Crippen LogP contribution in [0, 0.1) is 11.6 Å². The van der Waals surface area contributed by atoms with Crippen LogP contribution in [0.1, 0.15) is 24.9 Å². The quantitative estimate of drug-likeness (QED) is 0.802. The van der Waals surface area contributed by atoms with Gasteiger partial charge in [-0.3, -0.25) is 4.79 Å². The number of amides is 1. The van der Waals surface area contributed by atoms with Gasteiger partial charge in [-0.15, -0.1) is 0 Å². The molecule has 0 saturated heterocycles. The Balaban J connectivity index is 2.58. The van der Waals surface area contributed by atoms with E-state index in [1.165, 1.54) is 12.1 Å². The summed E-state index contributed by atoms with van der Waals surface area (Å²) in [4.78, 5) is 10.5. The van der Waals surface area contributed by atoms with Gasteiger partial charge in [-0.25, -0.2) is 8.78 Å². The number of primary amides is 1. The number of benzene rings is 1. The van der Waals surface area contributed by atoms with Gasteiger partial charge in [-0.1, -0.05) is 0 Å². The van der Waals surface area contributed by atoms with E-state index in [2.05, 4.69) is 5.32 Å². The zero-order valence-corrected chi connectivity index (χ0v) is 8.97. The van der Waals surface area contributed by atoms with E-state index in [1.807, 2.05) is 0 Å². The van der Waals surface area contributed by atoms with Gasteiger partial charge >= 0.3 is 0 Å². The van der Waals surface area contributed by atoms with Crippen molar-refractivity contribution in [1.82, 2.24) is 5.32 Å². The van der Waals surface area contributed by atoms with Crippen molar-refractivity contribution < 1.29 is 13.6 Å². The van der Waals surface area contributed by atoms with Gasteiger partial charge in [0.2, 0.25) is 5.91 Å². The molecule has 0 saturated carbocycles. The van der Waals surface area contributed by atoms with Crippen molar-refractivity contribution in [3.63, 3.8) is 0 Å². The van der Waals surface area contributed by atoms with E-state index >= 15 is 0 Å². The number of nitrogens with one attached hydrogen (secondary N) is 1. The normalized spacial score (nSPS) is 12.4. The molecule has 5 heteroatoms. The van der Waals surface area contributed by atoms with Crippen LogP contribution in [0.25, 0.3) is 0 Å². The van der Waals surface area contributed by atoms with Crippen LogP contribution in [0.2, 0.25) is 0 Å². The molecule has 3 N–H and O–H groups in total. The van der Waals surface area contributed by atoms with Crippen molar-refractivity contribution in [2.45, 2.75) is 19.4 Å². The van der Waals surface area contributed by atoms with Crippen LogP contribution in [-0.4, -0.2) is 12.5 Å². The Morgan fingerprint density at radius 2 is 1.94 bits per heavy atom. The van der Waals surface area contributed by atoms with Gasteiger partial charge < -0.3 is 11.1 Å². The summed E-state index contributed by atoms with van der Waals surface area (Å²) in [7, 11) is 0. The van der Waals surface area contributed by atoms with Crippen molar-refractivity contribution in [2.24, 2.45) is 5.73 Å². The molecule has 0 aliphatic heterocycles. The number of hydrogen-bond donors (Lipinski definition) is 2. The predicted octanol–water partition coefficient (Wildman–Crippen LogP) is 1.49. The maximum Gasteiger partial charge on any atom is 0.218 e. The molecule has 1 atom stereocenters. The fourth-order valence-corrected chi connectivity index (χ4v) is 1.35. The van der Waals surface area contributed by atoms with E-state index in [0.29, 0.717) is 12.1 Å². The van der Waals surface area contributed by atoms with Crippen molar-refractivity contribution >= 4 is 5.91 Å². The van der Waals surface area contributed by atoms with Crippen LogP contribution in [0.5, 0.6) is 0 Å². The highest BCUT2D eigenvalue weighted by molar-refractivity contribution is 5.73. The van der Waals surface area contributed by atoms with Crippen LogP contribution < -0.4 is 11.1 Å². The highest BCUT2D eigenvalue weighted by Gasteiger charge is 2.08. The largest absolute Gasteiger partial charge is 0.370 e. The van der Waals surface area contributed by atoms with Crippen molar-refractivity contribution in [3.05, 3.63) is 35.4 Å². The van der Waals surface area contributed by atoms with Crippen molar-refractivity contribution in [3.8, 4) is 0 Å². The summed E-state index contributed by atoms with van der Waals surface area (Å²) in [5, 5.41) is 2.95.